The van der Waals surface area contributed by atoms with Crippen LogP contribution < -0.4 is 19.7 Å². The van der Waals surface area contributed by atoms with Crippen LogP contribution in [0.4, 0.5) is 0 Å². The van der Waals surface area contributed by atoms with Gasteiger partial charge < -0.3 is 19.7 Å². The van der Waals surface area contributed by atoms with Gasteiger partial charge in [-0.15, -0.1) is 0 Å². The van der Waals surface area contributed by atoms with E-state index in [1.54, 1.807) is 0 Å². The normalized spacial score (nSPS) is 18.3. The number of para-hydroxylation sites is 2. The Kier molecular flexibility index (Phi) is 6.12. The van der Waals surface area contributed by atoms with Crippen molar-refractivity contribution >= 4 is 0 Å². The second-order valence-electron chi connectivity index (χ2n) is 7.11. The Labute approximate surface area is 160 Å². The molecule has 0 bridgehead atoms. The molecule has 0 fully saturated rings. The third-order valence-electron chi connectivity index (χ3n) is 4.96. The van der Waals surface area contributed by atoms with Crippen LogP contribution in [-0.4, -0.2) is 32.4 Å². The van der Waals surface area contributed by atoms with Crippen molar-refractivity contribution in [3.63, 3.8) is 0 Å². The third kappa shape index (κ3) is 4.93. The molecule has 5 heteroatoms. The van der Waals surface area contributed by atoms with E-state index in [1.165, 1.54) is 11.1 Å². The van der Waals surface area contributed by atoms with Gasteiger partial charge in [0.1, 0.15) is 12.7 Å². The Morgan fingerprint density at radius 3 is 2.89 bits per heavy atom. The van der Waals surface area contributed by atoms with Crippen LogP contribution in [0.25, 0.3) is 0 Å². The maximum atomic E-state index is 5.96. The van der Waals surface area contributed by atoms with Gasteiger partial charge in [0.05, 0.1) is 6.61 Å². The number of hydrogen-bond acceptors (Lipinski definition) is 5. The van der Waals surface area contributed by atoms with Crippen molar-refractivity contribution in [2.45, 2.75) is 38.2 Å². The monoisotopic (exact) mass is 369 g/mol. The summed E-state index contributed by atoms with van der Waals surface area (Å²) >= 11 is 0. The lowest BCUT2D eigenvalue weighted by atomic mass is 10.0. The molecule has 2 aromatic rings. The summed E-state index contributed by atoms with van der Waals surface area (Å²) in [5, 5.41) is 3.48. The van der Waals surface area contributed by atoms with E-state index < -0.39 is 0 Å². The second-order valence-corrected chi connectivity index (χ2v) is 7.11. The van der Waals surface area contributed by atoms with Crippen LogP contribution in [0.3, 0.4) is 0 Å². The number of ether oxygens (including phenoxy) is 2. The number of unbranched alkanes of at least 4 members (excludes halogenated alkanes) is 1. The smallest absolute Gasteiger partial charge is 0.168 e. The van der Waals surface area contributed by atoms with E-state index in [9.17, 15) is 0 Å². The molecule has 4 rings (SSSR count). The van der Waals surface area contributed by atoms with Crippen LogP contribution in [0.1, 0.15) is 30.4 Å². The average Bonchev–Trinajstić information content (AvgIpc) is 2.95. The van der Waals surface area contributed by atoms with Crippen molar-refractivity contribution in [3.8, 4) is 17.2 Å². The number of aryl methyl sites for hydroxylation is 2. The van der Waals surface area contributed by atoms with E-state index in [-0.39, 0.29) is 6.10 Å². The highest BCUT2D eigenvalue weighted by atomic mass is 17.2. The first-order chi connectivity index (χ1) is 13.4. The van der Waals surface area contributed by atoms with Crippen molar-refractivity contribution in [2.24, 2.45) is 0 Å². The Bertz CT molecular complexity index is 749. The molecule has 5 nitrogen and oxygen atoms in total. The molecule has 0 spiro atoms. The number of hydrogen-bond donors (Lipinski definition) is 1. The zero-order valence-electron chi connectivity index (χ0n) is 15.6. The van der Waals surface area contributed by atoms with E-state index in [1.807, 2.05) is 24.3 Å². The van der Waals surface area contributed by atoms with Gasteiger partial charge in [-0.3, -0.25) is 0 Å². The number of rotatable bonds is 7. The van der Waals surface area contributed by atoms with Crippen LogP contribution in [0.5, 0.6) is 17.2 Å². The lowest BCUT2D eigenvalue weighted by Gasteiger charge is -2.26. The molecule has 2 aliphatic rings. The average molecular weight is 369 g/mol. The predicted octanol–water partition coefficient (Wildman–Crippen LogP) is 3.70. The Hall–Kier alpha value is -2.24. The summed E-state index contributed by atoms with van der Waals surface area (Å²) in [6.45, 7) is 3.04. The van der Waals surface area contributed by atoms with E-state index in [2.05, 4.69) is 23.5 Å². The minimum absolute atomic E-state index is 0.0710. The van der Waals surface area contributed by atoms with Gasteiger partial charge >= 0.3 is 0 Å². The molecule has 0 saturated heterocycles. The molecule has 2 heterocycles. The van der Waals surface area contributed by atoms with Crippen LogP contribution in [-0.2, 0) is 17.7 Å². The van der Waals surface area contributed by atoms with Crippen molar-refractivity contribution in [1.82, 2.24) is 5.32 Å². The van der Waals surface area contributed by atoms with Gasteiger partial charge in [0.15, 0.2) is 17.2 Å². The minimum Gasteiger partial charge on any atom is -0.486 e. The molecule has 0 aromatic heterocycles. The first-order valence-electron chi connectivity index (χ1n) is 9.89. The summed E-state index contributed by atoms with van der Waals surface area (Å²) in [6, 6.07) is 14.3. The topological polar surface area (TPSA) is 49.0 Å². The zero-order valence-corrected chi connectivity index (χ0v) is 15.6. The molecule has 0 saturated carbocycles. The maximum absolute atomic E-state index is 5.96. The molecule has 0 radical (unpaired) electrons. The standard InChI is InChI=1S/C22H27NO4/c1-2-9-21-20(8-1)24-16-19(26-21)15-23-12-4-3-6-17-10-11-18-7-5-13-25-27-22(18)14-17/h1-2,8-11,14,19,23H,3-7,12-13,15-16H2. The lowest BCUT2D eigenvalue weighted by Crippen LogP contribution is -2.38. The van der Waals surface area contributed by atoms with Gasteiger partial charge in [0.25, 0.3) is 0 Å². The van der Waals surface area contributed by atoms with Gasteiger partial charge in [0.2, 0.25) is 0 Å². The Morgan fingerprint density at radius 2 is 1.93 bits per heavy atom. The highest BCUT2D eigenvalue weighted by Crippen LogP contribution is 2.30. The van der Waals surface area contributed by atoms with Gasteiger partial charge in [-0.2, -0.15) is 4.89 Å². The zero-order chi connectivity index (χ0) is 18.3. The minimum atomic E-state index is 0.0710. The largest absolute Gasteiger partial charge is 0.486 e. The molecule has 0 amide bonds. The van der Waals surface area contributed by atoms with Crippen LogP contribution in [0.15, 0.2) is 42.5 Å². The Balaban J connectivity index is 1.14. The molecule has 2 aromatic carbocycles. The second kappa shape index (κ2) is 9.11. The molecule has 0 aliphatic carbocycles. The van der Waals surface area contributed by atoms with Crippen LogP contribution in [0, 0.1) is 0 Å². The highest BCUT2D eigenvalue weighted by Gasteiger charge is 2.19. The van der Waals surface area contributed by atoms with Crippen LogP contribution in [0.2, 0.25) is 0 Å². The van der Waals surface area contributed by atoms with Crippen molar-refractivity contribution in [2.75, 3.05) is 26.3 Å². The summed E-state index contributed by atoms with van der Waals surface area (Å²) in [5.74, 6) is 2.56. The highest BCUT2D eigenvalue weighted by molar-refractivity contribution is 5.40. The molecule has 27 heavy (non-hydrogen) atoms. The van der Waals surface area contributed by atoms with Crippen LogP contribution >= 0.6 is 0 Å². The van der Waals surface area contributed by atoms with E-state index in [0.29, 0.717) is 13.2 Å². The van der Waals surface area contributed by atoms with Gasteiger partial charge in [-0.25, -0.2) is 0 Å². The molecule has 1 unspecified atom stereocenters. The summed E-state index contributed by atoms with van der Waals surface area (Å²) in [4.78, 5) is 10.6. The summed E-state index contributed by atoms with van der Waals surface area (Å²) < 4.78 is 11.7. The van der Waals surface area contributed by atoms with Crippen molar-refractivity contribution in [3.05, 3.63) is 53.6 Å². The lowest BCUT2D eigenvalue weighted by molar-refractivity contribution is -0.203. The maximum Gasteiger partial charge on any atom is 0.168 e. The fourth-order valence-electron chi connectivity index (χ4n) is 3.47. The van der Waals surface area contributed by atoms with E-state index in [4.69, 9.17) is 19.2 Å². The summed E-state index contributed by atoms with van der Waals surface area (Å²) in [7, 11) is 0. The first-order valence-corrected chi connectivity index (χ1v) is 9.89. The van der Waals surface area contributed by atoms with Gasteiger partial charge in [-0.1, -0.05) is 24.3 Å². The van der Waals surface area contributed by atoms with Gasteiger partial charge in [-0.05, 0) is 68.0 Å². The van der Waals surface area contributed by atoms with E-state index >= 15 is 0 Å². The summed E-state index contributed by atoms with van der Waals surface area (Å²) in [5.41, 5.74) is 2.55. The quantitative estimate of drug-likeness (QED) is 0.596. The number of benzene rings is 2. The molecule has 144 valence electrons. The van der Waals surface area contributed by atoms with Gasteiger partial charge in [0, 0.05) is 6.54 Å². The van der Waals surface area contributed by atoms with E-state index in [0.717, 1.165) is 62.4 Å². The fourth-order valence-corrected chi connectivity index (χ4v) is 3.47. The molecular formula is C22H27NO4. The number of nitrogens with one attached hydrogen (secondary N) is 1. The molecule has 1 atom stereocenters. The summed E-state index contributed by atoms with van der Waals surface area (Å²) in [6.07, 6.45) is 5.42. The third-order valence-corrected chi connectivity index (χ3v) is 4.96. The number of fused-ring (bicyclic) bond motifs is 2. The molecule has 2 aliphatic heterocycles. The predicted molar refractivity (Wildman–Crippen MR) is 104 cm³/mol. The van der Waals surface area contributed by atoms with Crippen molar-refractivity contribution in [1.29, 1.82) is 0 Å². The first kappa shape index (κ1) is 18.1. The fraction of sp³-hybridized carbons (Fsp3) is 0.455. The Morgan fingerprint density at radius 1 is 1.00 bits per heavy atom. The van der Waals surface area contributed by atoms with Crippen molar-refractivity contribution < 1.29 is 19.2 Å². The molecular weight excluding hydrogens is 342 g/mol. The molecule has 1 N–H and O–H groups in total. The SMILES string of the molecule is c1ccc2c(c1)OCC(CNCCCCc1ccc3c(c1)OOCCC3)O2.